The topological polar surface area (TPSA) is 78.8 Å². The van der Waals surface area contributed by atoms with Crippen molar-refractivity contribution in [3.05, 3.63) is 0 Å². The molecule has 0 aromatic carbocycles. The van der Waals surface area contributed by atoms with Gasteiger partial charge in [0.2, 0.25) is 0 Å². The normalized spacial score (nSPS) is 38.4. The number of amides is 1. The summed E-state index contributed by atoms with van der Waals surface area (Å²) < 4.78 is 0. The Morgan fingerprint density at radius 1 is 1.44 bits per heavy atom. The maximum atomic E-state index is 11.2. The fraction of sp³-hybridized carbons (Fsp3) is 0.667. The van der Waals surface area contributed by atoms with Crippen LogP contribution in [0, 0.1) is 0 Å². The molecule has 2 N–H and O–H groups in total. The number of carbonyl (C=O) groups excluding carboxylic acids is 1. The summed E-state index contributed by atoms with van der Waals surface area (Å²) in [6.07, 6.45) is 0. The second-order valence-corrected chi connectivity index (χ2v) is 6.23. The van der Waals surface area contributed by atoms with Crippen LogP contribution in [-0.2, 0) is 4.79 Å². The van der Waals surface area contributed by atoms with Gasteiger partial charge < -0.3 is 10.4 Å². The molecule has 0 radical (unpaired) electrons. The summed E-state index contributed by atoms with van der Waals surface area (Å²) in [5, 5.41) is 12.5. The van der Waals surface area contributed by atoms with E-state index in [1.54, 1.807) is 6.92 Å². The van der Waals surface area contributed by atoms with E-state index in [1.165, 1.54) is 23.5 Å². The van der Waals surface area contributed by atoms with Gasteiger partial charge in [-0.25, -0.2) is 4.79 Å². The molecule has 0 aromatic rings. The molecule has 5 nitrogen and oxygen atoms in total. The lowest BCUT2D eigenvalue weighted by atomic mass is 10.0. The van der Waals surface area contributed by atoms with E-state index in [0.29, 0.717) is 11.5 Å². The standard InChI is InChI=1S/C9H12N2O3S2/c1-8(3-16-7(14)11-8)5-10-9(2,4-15-5)6(12)13/h3-4H2,1-2H3,(H,11,14)(H,12,13)/t8-,9-/m0/s1. The zero-order valence-corrected chi connectivity index (χ0v) is 10.6. The smallest absolute Gasteiger partial charge is 0.332 e. The Balaban J connectivity index is 2.24. The number of carbonyl (C=O) groups is 2. The minimum Gasteiger partial charge on any atom is -0.479 e. The number of carboxylic acids is 1. The fourth-order valence-corrected chi connectivity index (χ4v) is 3.84. The molecule has 2 atom stereocenters. The first-order chi connectivity index (χ1) is 7.36. The minimum absolute atomic E-state index is 0.0743. The van der Waals surface area contributed by atoms with E-state index in [1.807, 2.05) is 6.92 Å². The fourth-order valence-electron chi connectivity index (χ4n) is 1.51. The Morgan fingerprint density at radius 2 is 2.12 bits per heavy atom. The average molecular weight is 260 g/mol. The van der Waals surface area contributed by atoms with E-state index in [9.17, 15) is 9.59 Å². The maximum Gasteiger partial charge on any atom is 0.332 e. The van der Waals surface area contributed by atoms with Crippen molar-refractivity contribution in [3.8, 4) is 0 Å². The van der Waals surface area contributed by atoms with Crippen LogP contribution in [0.25, 0.3) is 0 Å². The van der Waals surface area contributed by atoms with Gasteiger partial charge in [-0.1, -0.05) is 11.8 Å². The number of nitrogens with one attached hydrogen (secondary N) is 1. The number of aliphatic imine (C=N–C) groups is 1. The second-order valence-electron chi connectivity index (χ2n) is 4.32. The van der Waals surface area contributed by atoms with Gasteiger partial charge in [-0.2, -0.15) is 0 Å². The Hall–Kier alpha value is -0.690. The van der Waals surface area contributed by atoms with Crippen molar-refractivity contribution in [2.24, 2.45) is 4.99 Å². The molecule has 0 saturated carbocycles. The van der Waals surface area contributed by atoms with Gasteiger partial charge in [0.25, 0.3) is 5.24 Å². The van der Waals surface area contributed by atoms with Crippen molar-refractivity contribution in [1.82, 2.24) is 5.32 Å². The Kier molecular flexibility index (Phi) is 2.70. The first-order valence-electron chi connectivity index (χ1n) is 4.77. The first-order valence-corrected chi connectivity index (χ1v) is 6.74. The van der Waals surface area contributed by atoms with Crippen LogP contribution in [0.15, 0.2) is 4.99 Å². The van der Waals surface area contributed by atoms with Crippen molar-refractivity contribution in [2.75, 3.05) is 11.5 Å². The van der Waals surface area contributed by atoms with Crippen molar-refractivity contribution >= 4 is 39.8 Å². The maximum absolute atomic E-state index is 11.2. The number of hydrogen-bond donors (Lipinski definition) is 2. The molecule has 2 rings (SSSR count). The van der Waals surface area contributed by atoms with Gasteiger partial charge in [0.15, 0.2) is 5.54 Å². The highest BCUT2D eigenvalue weighted by atomic mass is 32.2. The molecule has 1 fully saturated rings. The molecular weight excluding hydrogens is 248 g/mol. The molecule has 2 aliphatic rings. The zero-order chi connectivity index (χ0) is 12.0. The lowest BCUT2D eigenvalue weighted by Gasteiger charge is -2.22. The second kappa shape index (κ2) is 3.66. The van der Waals surface area contributed by atoms with Gasteiger partial charge in [-0.3, -0.25) is 9.79 Å². The summed E-state index contributed by atoms with van der Waals surface area (Å²) in [6, 6.07) is 0. The number of carboxylic acid groups (broad SMARTS) is 1. The van der Waals surface area contributed by atoms with Crippen LogP contribution >= 0.6 is 23.5 Å². The van der Waals surface area contributed by atoms with E-state index in [2.05, 4.69) is 10.3 Å². The molecule has 0 spiro atoms. The third kappa shape index (κ3) is 1.82. The van der Waals surface area contributed by atoms with Gasteiger partial charge in [-0.05, 0) is 13.8 Å². The lowest BCUT2D eigenvalue weighted by molar-refractivity contribution is -0.141. The lowest BCUT2D eigenvalue weighted by Crippen LogP contribution is -2.46. The Labute approximate surface area is 101 Å². The van der Waals surface area contributed by atoms with Crippen LogP contribution in [0.2, 0.25) is 0 Å². The van der Waals surface area contributed by atoms with Crippen LogP contribution in [0.5, 0.6) is 0 Å². The predicted molar refractivity (Wildman–Crippen MR) is 65.3 cm³/mol. The molecule has 0 unspecified atom stereocenters. The van der Waals surface area contributed by atoms with Gasteiger partial charge in [0.05, 0.1) is 10.6 Å². The van der Waals surface area contributed by atoms with Crippen molar-refractivity contribution in [3.63, 3.8) is 0 Å². The molecule has 7 heteroatoms. The van der Waals surface area contributed by atoms with Gasteiger partial charge >= 0.3 is 5.97 Å². The molecular formula is C9H12N2O3S2. The summed E-state index contributed by atoms with van der Waals surface area (Å²) >= 11 is 2.62. The number of rotatable bonds is 2. The van der Waals surface area contributed by atoms with Gasteiger partial charge in [-0.15, -0.1) is 11.8 Å². The van der Waals surface area contributed by atoms with Crippen LogP contribution in [0.3, 0.4) is 0 Å². The molecule has 0 aliphatic carbocycles. The number of hydrogen-bond acceptors (Lipinski definition) is 5. The molecule has 2 aliphatic heterocycles. The zero-order valence-electron chi connectivity index (χ0n) is 8.94. The number of nitrogens with zero attached hydrogens (tertiary/aromatic N) is 1. The summed E-state index contributed by atoms with van der Waals surface area (Å²) in [6.45, 7) is 3.48. The summed E-state index contributed by atoms with van der Waals surface area (Å²) in [4.78, 5) is 26.5. The molecule has 88 valence electrons. The highest BCUT2D eigenvalue weighted by molar-refractivity contribution is 8.16. The molecule has 1 amide bonds. The van der Waals surface area contributed by atoms with E-state index >= 15 is 0 Å². The number of aliphatic carboxylic acids is 1. The largest absolute Gasteiger partial charge is 0.479 e. The van der Waals surface area contributed by atoms with E-state index < -0.39 is 17.0 Å². The average Bonchev–Trinajstić information content (AvgIpc) is 2.73. The van der Waals surface area contributed by atoms with Crippen molar-refractivity contribution < 1.29 is 14.7 Å². The van der Waals surface area contributed by atoms with Crippen LogP contribution in [0.4, 0.5) is 4.79 Å². The van der Waals surface area contributed by atoms with Gasteiger partial charge in [0.1, 0.15) is 0 Å². The molecule has 0 aromatic heterocycles. The highest BCUT2D eigenvalue weighted by Crippen LogP contribution is 2.36. The quantitative estimate of drug-likeness (QED) is 0.779. The Morgan fingerprint density at radius 3 is 2.56 bits per heavy atom. The van der Waals surface area contributed by atoms with Crippen LogP contribution in [-0.4, -0.2) is 43.9 Å². The molecule has 1 saturated heterocycles. The third-order valence-corrected chi connectivity index (χ3v) is 5.25. The van der Waals surface area contributed by atoms with Crippen LogP contribution < -0.4 is 5.32 Å². The molecule has 16 heavy (non-hydrogen) atoms. The van der Waals surface area contributed by atoms with E-state index in [0.717, 1.165) is 5.04 Å². The summed E-state index contributed by atoms with van der Waals surface area (Å²) in [5.74, 6) is 0.108. The van der Waals surface area contributed by atoms with Crippen molar-refractivity contribution in [2.45, 2.75) is 24.9 Å². The SMILES string of the molecule is C[C@@]1(C(=O)O)CSC([C@]2(C)CSC(=O)N2)=N1. The van der Waals surface area contributed by atoms with E-state index in [-0.39, 0.29) is 5.24 Å². The molecule has 0 bridgehead atoms. The first kappa shape index (κ1) is 11.8. The minimum atomic E-state index is -1.05. The summed E-state index contributed by atoms with van der Waals surface area (Å²) in [7, 11) is 0. The van der Waals surface area contributed by atoms with Crippen LogP contribution in [0.1, 0.15) is 13.8 Å². The Bertz CT molecular complexity index is 398. The monoisotopic (exact) mass is 260 g/mol. The predicted octanol–water partition coefficient (Wildman–Crippen LogP) is 1.19. The van der Waals surface area contributed by atoms with E-state index in [4.69, 9.17) is 5.11 Å². The van der Waals surface area contributed by atoms with Gasteiger partial charge in [0, 0.05) is 11.5 Å². The van der Waals surface area contributed by atoms with Crippen molar-refractivity contribution in [1.29, 1.82) is 0 Å². The highest BCUT2D eigenvalue weighted by Gasteiger charge is 2.46. The summed E-state index contributed by atoms with van der Waals surface area (Å²) in [5.41, 5.74) is -1.55. The molecule has 2 heterocycles. The third-order valence-electron chi connectivity index (χ3n) is 2.64. The number of thioether (sulfide) groups is 2.